The van der Waals surface area contributed by atoms with Gasteiger partial charge in [-0.1, -0.05) is 6.07 Å². The van der Waals surface area contributed by atoms with Crippen LogP contribution in [0.5, 0.6) is 0 Å². The molecule has 5 heteroatoms. The summed E-state index contributed by atoms with van der Waals surface area (Å²) in [5.41, 5.74) is 14.5. The average molecular weight is 266 g/mol. The Labute approximate surface area is 116 Å². The number of carbonyl (C=O) groups is 1. The molecule has 0 saturated heterocycles. The number of nitrogens with one attached hydrogen (secondary N) is 1. The van der Waals surface area contributed by atoms with Crippen LogP contribution in [0.25, 0.3) is 0 Å². The molecule has 0 heterocycles. The number of nitrogens with zero attached hydrogens (tertiary/aromatic N) is 1. The predicted octanol–water partition coefficient (Wildman–Crippen LogP) is 2.28. The molecule has 20 heavy (non-hydrogen) atoms. The minimum atomic E-state index is -0.333. The molecule has 2 aromatic carbocycles. The molecule has 5 nitrogen and oxygen atoms in total. The van der Waals surface area contributed by atoms with Gasteiger partial charge >= 0.3 is 0 Å². The molecular formula is C15H14N4O. The Hall–Kier alpha value is -3.00. The van der Waals surface area contributed by atoms with E-state index in [0.717, 1.165) is 5.56 Å². The number of benzene rings is 2. The monoisotopic (exact) mass is 266 g/mol. The van der Waals surface area contributed by atoms with Crippen LogP contribution < -0.4 is 16.8 Å². The smallest absolute Gasteiger partial charge is 0.257 e. The second kappa shape index (κ2) is 5.33. The number of hydrogen-bond acceptors (Lipinski definition) is 4. The van der Waals surface area contributed by atoms with Crippen LogP contribution in [0.2, 0.25) is 0 Å². The van der Waals surface area contributed by atoms with Crippen LogP contribution in [0.3, 0.4) is 0 Å². The largest absolute Gasteiger partial charge is 0.399 e. The van der Waals surface area contributed by atoms with Crippen molar-refractivity contribution in [3.05, 3.63) is 53.1 Å². The first-order valence-corrected chi connectivity index (χ1v) is 5.98. The zero-order chi connectivity index (χ0) is 14.7. The van der Waals surface area contributed by atoms with Crippen molar-refractivity contribution < 1.29 is 4.79 Å². The molecule has 0 aromatic heterocycles. The molecule has 2 aromatic rings. The summed E-state index contributed by atoms with van der Waals surface area (Å²) in [6.45, 7) is 1.85. The highest BCUT2D eigenvalue weighted by atomic mass is 16.1. The van der Waals surface area contributed by atoms with Crippen molar-refractivity contribution in [3.8, 4) is 6.07 Å². The van der Waals surface area contributed by atoms with Gasteiger partial charge in [-0.3, -0.25) is 4.79 Å². The highest BCUT2D eigenvalue weighted by Crippen LogP contribution is 2.20. The lowest BCUT2D eigenvalue weighted by molar-refractivity contribution is 0.102. The molecule has 0 fully saturated rings. The van der Waals surface area contributed by atoms with Crippen molar-refractivity contribution in [2.24, 2.45) is 0 Å². The summed E-state index contributed by atoms with van der Waals surface area (Å²) in [4.78, 5) is 12.2. The average Bonchev–Trinajstić information content (AvgIpc) is 2.41. The fourth-order valence-electron chi connectivity index (χ4n) is 1.80. The fourth-order valence-corrected chi connectivity index (χ4v) is 1.80. The first-order chi connectivity index (χ1) is 9.51. The number of anilines is 3. The van der Waals surface area contributed by atoms with Crippen molar-refractivity contribution in [2.45, 2.75) is 6.92 Å². The SMILES string of the molecule is Cc1ccc(C#N)cc1NC(=O)c1ccc(N)cc1N. The number of hydrogen-bond donors (Lipinski definition) is 3. The highest BCUT2D eigenvalue weighted by molar-refractivity contribution is 6.08. The molecule has 0 radical (unpaired) electrons. The van der Waals surface area contributed by atoms with Crippen molar-refractivity contribution >= 4 is 23.0 Å². The Morgan fingerprint density at radius 1 is 1.20 bits per heavy atom. The van der Waals surface area contributed by atoms with E-state index in [9.17, 15) is 4.79 Å². The maximum atomic E-state index is 12.2. The highest BCUT2D eigenvalue weighted by Gasteiger charge is 2.11. The second-order valence-electron chi connectivity index (χ2n) is 4.44. The summed E-state index contributed by atoms with van der Waals surface area (Å²) >= 11 is 0. The summed E-state index contributed by atoms with van der Waals surface area (Å²) in [5, 5.41) is 11.6. The summed E-state index contributed by atoms with van der Waals surface area (Å²) in [5.74, 6) is -0.333. The first kappa shape index (κ1) is 13.4. The zero-order valence-corrected chi connectivity index (χ0v) is 11.0. The number of aryl methyl sites for hydroxylation is 1. The van der Waals surface area contributed by atoms with E-state index in [1.54, 1.807) is 30.3 Å². The Bertz CT molecular complexity index is 716. The molecule has 0 atom stereocenters. The summed E-state index contributed by atoms with van der Waals surface area (Å²) in [6.07, 6.45) is 0. The van der Waals surface area contributed by atoms with E-state index >= 15 is 0 Å². The van der Waals surface area contributed by atoms with E-state index in [4.69, 9.17) is 16.7 Å². The molecule has 100 valence electrons. The van der Waals surface area contributed by atoms with Gasteiger partial charge in [0.05, 0.1) is 17.2 Å². The molecular weight excluding hydrogens is 252 g/mol. The third-order valence-electron chi connectivity index (χ3n) is 2.94. The van der Waals surface area contributed by atoms with E-state index in [1.165, 1.54) is 6.07 Å². The summed E-state index contributed by atoms with van der Waals surface area (Å²) < 4.78 is 0. The first-order valence-electron chi connectivity index (χ1n) is 5.98. The third-order valence-corrected chi connectivity index (χ3v) is 2.94. The maximum Gasteiger partial charge on any atom is 0.257 e. The molecule has 0 saturated carbocycles. The van der Waals surface area contributed by atoms with Crippen LogP contribution in [0.4, 0.5) is 17.1 Å². The molecule has 0 spiro atoms. The number of carbonyl (C=O) groups excluding carboxylic acids is 1. The van der Waals surface area contributed by atoms with Gasteiger partial charge in [0.25, 0.3) is 5.91 Å². The zero-order valence-electron chi connectivity index (χ0n) is 11.0. The Balaban J connectivity index is 2.30. The molecule has 0 aliphatic rings. The Morgan fingerprint density at radius 2 is 1.95 bits per heavy atom. The number of rotatable bonds is 2. The standard InChI is InChI=1S/C15H14N4O/c1-9-2-3-10(8-16)6-14(9)19-15(20)12-5-4-11(17)7-13(12)18/h2-7H,17-18H2,1H3,(H,19,20). The van der Waals surface area contributed by atoms with Crippen molar-refractivity contribution in [3.63, 3.8) is 0 Å². The topological polar surface area (TPSA) is 105 Å². The Kier molecular flexibility index (Phi) is 3.58. The number of nitrogens with two attached hydrogens (primary N) is 2. The van der Waals surface area contributed by atoms with Crippen LogP contribution in [-0.4, -0.2) is 5.91 Å². The Morgan fingerprint density at radius 3 is 2.60 bits per heavy atom. The van der Waals surface area contributed by atoms with Gasteiger partial charge in [-0.05, 0) is 42.8 Å². The van der Waals surface area contributed by atoms with E-state index < -0.39 is 0 Å². The maximum absolute atomic E-state index is 12.2. The van der Waals surface area contributed by atoms with E-state index in [1.807, 2.05) is 13.0 Å². The van der Waals surface area contributed by atoms with Crippen molar-refractivity contribution in [2.75, 3.05) is 16.8 Å². The van der Waals surface area contributed by atoms with E-state index in [-0.39, 0.29) is 5.91 Å². The van der Waals surface area contributed by atoms with E-state index in [0.29, 0.717) is 28.2 Å². The van der Waals surface area contributed by atoms with Gasteiger partial charge < -0.3 is 16.8 Å². The minimum absolute atomic E-state index is 0.316. The van der Waals surface area contributed by atoms with Crippen molar-refractivity contribution in [1.29, 1.82) is 5.26 Å². The van der Waals surface area contributed by atoms with Crippen LogP contribution in [0.1, 0.15) is 21.5 Å². The lowest BCUT2D eigenvalue weighted by Gasteiger charge is -2.10. The van der Waals surface area contributed by atoms with Gasteiger partial charge in [-0.2, -0.15) is 5.26 Å². The number of nitrogen functional groups attached to an aromatic ring is 2. The van der Waals surface area contributed by atoms with Crippen LogP contribution in [0, 0.1) is 18.3 Å². The molecule has 0 unspecified atom stereocenters. The molecule has 0 aliphatic carbocycles. The van der Waals surface area contributed by atoms with Gasteiger partial charge in [-0.25, -0.2) is 0 Å². The second-order valence-corrected chi connectivity index (χ2v) is 4.44. The summed E-state index contributed by atoms with van der Waals surface area (Å²) in [7, 11) is 0. The van der Waals surface area contributed by atoms with Gasteiger partial charge in [0.1, 0.15) is 0 Å². The molecule has 5 N–H and O–H groups in total. The van der Waals surface area contributed by atoms with Gasteiger partial charge in [0.15, 0.2) is 0 Å². The van der Waals surface area contributed by atoms with Crippen molar-refractivity contribution in [1.82, 2.24) is 0 Å². The van der Waals surface area contributed by atoms with Gasteiger partial charge in [0.2, 0.25) is 0 Å². The lowest BCUT2D eigenvalue weighted by atomic mass is 10.1. The molecule has 0 bridgehead atoms. The lowest BCUT2D eigenvalue weighted by Crippen LogP contribution is -2.15. The third kappa shape index (κ3) is 2.70. The number of nitriles is 1. The normalized spacial score (nSPS) is 9.80. The van der Waals surface area contributed by atoms with Crippen LogP contribution in [-0.2, 0) is 0 Å². The molecule has 1 amide bonds. The number of amides is 1. The minimum Gasteiger partial charge on any atom is -0.399 e. The predicted molar refractivity (Wildman–Crippen MR) is 79.1 cm³/mol. The fraction of sp³-hybridized carbons (Fsp3) is 0.0667. The molecule has 2 rings (SSSR count). The summed E-state index contributed by atoms with van der Waals surface area (Å²) in [6, 6.07) is 11.9. The molecule has 0 aliphatic heterocycles. The van der Waals surface area contributed by atoms with Crippen LogP contribution >= 0.6 is 0 Å². The van der Waals surface area contributed by atoms with Crippen LogP contribution in [0.15, 0.2) is 36.4 Å². The van der Waals surface area contributed by atoms with E-state index in [2.05, 4.69) is 5.32 Å². The van der Waals surface area contributed by atoms with Gasteiger partial charge in [-0.15, -0.1) is 0 Å². The quantitative estimate of drug-likeness (QED) is 0.725. The van der Waals surface area contributed by atoms with Gasteiger partial charge in [0, 0.05) is 17.1 Å².